The van der Waals surface area contributed by atoms with Gasteiger partial charge < -0.3 is 24.1 Å². The highest BCUT2D eigenvalue weighted by molar-refractivity contribution is 6.91. The molecule has 2 aliphatic heterocycles. The largest absolute Gasteiger partial charge is 0.497 e. The van der Waals surface area contributed by atoms with Gasteiger partial charge >= 0.3 is 0 Å². The van der Waals surface area contributed by atoms with E-state index < -0.39 is 8.07 Å². The lowest BCUT2D eigenvalue weighted by molar-refractivity contribution is -0.0241. The summed E-state index contributed by atoms with van der Waals surface area (Å²) in [7, 11) is 1.25. The molecule has 2 heterocycles. The Bertz CT molecular complexity index is 1650. The third-order valence-electron chi connectivity index (χ3n) is 9.32. The van der Waals surface area contributed by atoms with Gasteiger partial charge in [-0.2, -0.15) is 0 Å². The molecule has 1 amide bonds. The number of amides is 1. The first kappa shape index (κ1) is 29.9. The van der Waals surface area contributed by atoms with Gasteiger partial charge in [0.25, 0.3) is 5.91 Å². The number of fused-ring (bicyclic) bond motifs is 3. The van der Waals surface area contributed by atoms with Crippen molar-refractivity contribution in [1.29, 1.82) is 0 Å². The molecule has 1 N–H and O–H groups in total. The molecule has 0 saturated heterocycles. The van der Waals surface area contributed by atoms with E-state index in [0.717, 1.165) is 17.1 Å². The maximum atomic E-state index is 14.0. The molecule has 228 valence electrons. The molecule has 0 bridgehead atoms. The van der Waals surface area contributed by atoms with Crippen molar-refractivity contribution in [2.45, 2.75) is 44.2 Å². The van der Waals surface area contributed by atoms with Crippen molar-refractivity contribution < 1.29 is 28.8 Å². The van der Waals surface area contributed by atoms with Crippen LogP contribution in [0.2, 0.25) is 18.6 Å². The second kappa shape index (κ2) is 12.1. The summed E-state index contributed by atoms with van der Waals surface area (Å²) in [5.41, 5.74) is 2.88. The van der Waals surface area contributed by atoms with Crippen molar-refractivity contribution in [1.82, 2.24) is 0 Å². The molecule has 0 spiro atoms. The molecule has 4 aromatic rings. The summed E-state index contributed by atoms with van der Waals surface area (Å²) in [5, 5.41) is 11.5. The summed E-state index contributed by atoms with van der Waals surface area (Å²) < 4.78 is 24.6. The summed E-state index contributed by atoms with van der Waals surface area (Å²) in [5.74, 6) is 2.51. The first-order chi connectivity index (χ1) is 21.3. The average Bonchev–Trinajstić information content (AvgIpc) is 3.17. The molecule has 4 aromatic carbocycles. The van der Waals surface area contributed by atoms with E-state index in [1.54, 1.807) is 25.2 Å². The molecule has 0 radical (unpaired) electrons. The topological polar surface area (TPSA) is 77.5 Å². The maximum absolute atomic E-state index is 14.0. The lowest BCUT2D eigenvalue weighted by Crippen LogP contribution is -2.54. The summed E-state index contributed by atoms with van der Waals surface area (Å²) in [6.07, 6.45) is 0.184. The van der Waals surface area contributed by atoms with E-state index in [1.807, 2.05) is 72.8 Å². The Morgan fingerprint density at radius 2 is 1.61 bits per heavy atom. The van der Waals surface area contributed by atoms with Gasteiger partial charge in [0.1, 0.15) is 23.4 Å². The second-order valence-electron chi connectivity index (χ2n) is 12.1. The zero-order valence-electron chi connectivity index (χ0n) is 25.8. The second-order valence-corrected chi connectivity index (χ2v) is 16.9. The number of nitrogens with zero attached hydrogens (tertiary/aromatic N) is 1. The van der Waals surface area contributed by atoms with Crippen molar-refractivity contribution in [3.05, 3.63) is 102 Å². The van der Waals surface area contributed by atoms with E-state index in [1.165, 1.54) is 5.19 Å². The maximum Gasteiger partial charge on any atom is 0.266 e. The first-order valence-electron chi connectivity index (χ1n) is 15.1. The van der Waals surface area contributed by atoms with Gasteiger partial charge in [0.15, 0.2) is 5.75 Å². The lowest BCUT2D eigenvalue weighted by atomic mass is 9.86. The number of ether oxygens (including phenoxy) is 4. The van der Waals surface area contributed by atoms with Crippen LogP contribution in [0.1, 0.15) is 35.4 Å². The molecule has 7 nitrogen and oxygen atoms in total. The van der Waals surface area contributed by atoms with E-state index in [-0.39, 0.29) is 36.2 Å². The number of rotatable bonds is 8. The Morgan fingerprint density at radius 3 is 2.32 bits per heavy atom. The molecule has 0 fully saturated rings. The Morgan fingerprint density at radius 1 is 0.909 bits per heavy atom. The van der Waals surface area contributed by atoms with Crippen molar-refractivity contribution in [3.63, 3.8) is 0 Å². The smallest absolute Gasteiger partial charge is 0.266 e. The molecule has 0 saturated carbocycles. The van der Waals surface area contributed by atoms with E-state index in [0.29, 0.717) is 34.9 Å². The summed E-state index contributed by atoms with van der Waals surface area (Å²) in [6.45, 7) is 6.92. The number of para-hydroxylation sites is 3. The highest BCUT2D eigenvalue weighted by Crippen LogP contribution is 2.49. The van der Waals surface area contributed by atoms with Crippen molar-refractivity contribution in [3.8, 4) is 23.0 Å². The van der Waals surface area contributed by atoms with Crippen LogP contribution < -0.4 is 24.3 Å². The number of benzene rings is 4. The van der Waals surface area contributed by atoms with Crippen LogP contribution in [-0.2, 0) is 4.74 Å². The molecular weight excluding hydrogens is 570 g/mol. The highest BCUT2D eigenvalue weighted by atomic mass is 28.3. The molecule has 4 atom stereocenters. The first-order valence-corrected chi connectivity index (χ1v) is 18.1. The minimum Gasteiger partial charge on any atom is -0.497 e. The van der Waals surface area contributed by atoms with E-state index in [9.17, 15) is 9.90 Å². The molecule has 8 heteroatoms. The Hall–Kier alpha value is -4.11. The van der Waals surface area contributed by atoms with Crippen LogP contribution in [0, 0.1) is 5.92 Å². The fourth-order valence-electron chi connectivity index (χ4n) is 6.88. The zero-order valence-corrected chi connectivity index (χ0v) is 26.8. The number of carbonyl (C=O) groups excluding carboxylic acids is 1. The minimum atomic E-state index is -2.15. The average molecular weight is 610 g/mol. The fourth-order valence-corrected chi connectivity index (χ4v) is 10.4. The molecule has 44 heavy (non-hydrogen) atoms. The number of hydrogen-bond donors (Lipinski definition) is 1. The van der Waals surface area contributed by atoms with Crippen LogP contribution in [0.3, 0.4) is 0 Å². The number of methoxy groups -OCH3 is 2. The molecule has 0 aromatic heterocycles. The van der Waals surface area contributed by atoms with Crippen LogP contribution in [0.25, 0.3) is 0 Å². The predicted molar refractivity (Wildman–Crippen MR) is 175 cm³/mol. The van der Waals surface area contributed by atoms with Crippen LogP contribution in [0.4, 0.5) is 11.4 Å². The van der Waals surface area contributed by atoms with Gasteiger partial charge in [-0.1, -0.05) is 61.6 Å². The van der Waals surface area contributed by atoms with Gasteiger partial charge in [-0.3, -0.25) is 9.69 Å². The predicted octanol–water partition coefficient (Wildman–Crippen LogP) is 7.23. The van der Waals surface area contributed by atoms with Crippen LogP contribution in [0.15, 0.2) is 91.0 Å². The monoisotopic (exact) mass is 609 g/mol. The third kappa shape index (κ3) is 5.17. The van der Waals surface area contributed by atoms with Crippen molar-refractivity contribution >= 4 is 30.5 Å². The summed E-state index contributed by atoms with van der Waals surface area (Å²) in [6, 6.07) is 29.1. The Kier molecular flexibility index (Phi) is 8.24. The number of aliphatic hydroxyl groups is 1. The molecular formula is C36H39NO6Si. The van der Waals surface area contributed by atoms with Gasteiger partial charge in [0, 0.05) is 25.2 Å². The molecule has 1 unspecified atom stereocenters. The molecule has 0 aliphatic carbocycles. The SMILES string of the molecule is COc1ccc([Si](C)(C)C(CCO)[C@H]2Oc3ccc(N4C(=O)c5ccccc5Oc5ccccc54)cc3[C@@H](OC)[C@@H]2C)cc1. The van der Waals surface area contributed by atoms with Gasteiger partial charge in [-0.05, 0) is 66.6 Å². The quantitative estimate of drug-likeness (QED) is 0.212. The van der Waals surface area contributed by atoms with Gasteiger partial charge in [0.05, 0.1) is 38.2 Å². The van der Waals surface area contributed by atoms with Crippen LogP contribution in [0.5, 0.6) is 23.0 Å². The Balaban J connectivity index is 1.39. The number of anilines is 2. The van der Waals surface area contributed by atoms with Gasteiger partial charge in [-0.15, -0.1) is 0 Å². The van der Waals surface area contributed by atoms with Gasteiger partial charge in [0.2, 0.25) is 0 Å². The summed E-state index contributed by atoms with van der Waals surface area (Å²) in [4.78, 5) is 15.7. The van der Waals surface area contributed by atoms with Crippen LogP contribution in [-0.4, -0.2) is 46.0 Å². The molecule has 2 aliphatic rings. The van der Waals surface area contributed by atoms with Gasteiger partial charge in [-0.25, -0.2) is 0 Å². The number of hydrogen-bond acceptors (Lipinski definition) is 6. The lowest BCUT2D eigenvalue weighted by Gasteiger charge is -2.46. The summed E-state index contributed by atoms with van der Waals surface area (Å²) >= 11 is 0. The minimum absolute atomic E-state index is 0.0134. The normalized spacial score (nSPS) is 19.9. The highest BCUT2D eigenvalue weighted by Gasteiger charge is 2.47. The van der Waals surface area contributed by atoms with E-state index in [2.05, 4.69) is 32.2 Å². The Labute approximate surface area is 260 Å². The fraction of sp³-hybridized carbons (Fsp3) is 0.306. The molecule has 6 rings (SSSR count). The zero-order chi connectivity index (χ0) is 31.0. The van der Waals surface area contributed by atoms with Crippen LogP contribution >= 0.6 is 0 Å². The van der Waals surface area contributed by atoms with Crippen molar-refractivity contribution in [2.75, 3.05) is 25.7 Å². The van der Waals surface area contributed by atoms with E-state index in [4.69, 9.17) is 18.9 Å². The van der Waals surface area contributed by atoms with Crippen molar-refractivity contribution in [2.24, 2.45) is 5.92 Å². The standard InChI is InChI=1S/C36H39NO6Si/c1-23-34(41-3)28-22-24(37-29-11-7-9-13-32(29)42-30-12-8-6-10-27(30)36(37)39)14-19-31(28)43-35(23)33(20-21-38)44(4,5)26-17-15-25(40-2)16-18-26/h6-19,22-23,33-35,38H,20-21H2,1-5H3/t23-,33?,34-,35-/m0/s1. The third-order valence-corrected chi connectivity index (χ3v) is 13.6. The number of carbonyl (C=O) groups is 1. The van der Waals surface area contributed by atoms with E-state index >= 15 is 0 Å². The number of aliphatic hydroxyl groups excluding tert-OH is 1.